The summed E-state index contributed by atoms with van der Waals surface area (Å²) < 4.78 is 6.14. The lowest BCUT2D eigenvalue weighted by atomic mass is 9.94. The maximum absolute atomic E-state index is 12.8. The fourth-order valence-electron chi connectivity index (χ4n) is 4.60. The Labute approximate surface area is 204 Å². The maximum Gasteiger partial charge on any atom is 0.324 e. The van der Waals surface area contributed by atoms with Crippen LogP contribution in [0.3, 0.4) is 0 Å². The maximum atomic E-state index is 12.8. The summed E-state index contributed by atoms with van der Waals surface area (Å²) in [7, 11) is 0. The van der Waals surface area contributed by atoms with Crippen molar-refractivity contribution in [3.63, 3.8) is 0 Å². The molecule has 3 aromatic rings. The number of rotatable bonds is 7. The van der Waals surface area contributed by atoms with Gasteiger partial charge in [-0.3, -0.25) is 14.7 Å². The van der Waals surface area contributed by atoms with Crippen LogP contribution in [0.15, 0.2) is 67.0 Å². The number of halogens is 1. The molecule has 1 saturated heterocycles. The first kappa shape index (κ1) is 22.4. The Bertz CT molecular complexity index is 1180. The summed E-state index contributed by atoms with van der Waals surface area (Å²) in [6, 6.07) is 17.1. The van der Waals surface area contributed by atoms with E-state index in [-0.39, 0.29) is 17.9 Å². The van der Waals surface area contributed by atoms with Crippen LogP contribution in [0.5, 0.6) is 5.75 Å². The summed E-state index contributed by atoms with van der Waals surface area (Å²) in [6.07, 6.45) is 6.24. The SMILES string of the molecule is O=C1CC(CCCCN2CCN(c3ccncc3)C2=O)Oc2ccc(-c3ccc(Cl)cc3)cc21. The molecule has 6 nitrogen and oxygen atoms in total. The molecule has 0 spiro atoms. The lowest BCUT2D eigenvalue weighted by Gasteiger charge is -2.26. The summed E-state index contributed by atoms with van der Waals surface area (Å²) in [6.45, 7) is 2.13. The third kappa shape index (κ3) is 4.77. The first-order valence-electron chi connectivity index (χ1n) is 11.6. The Hall–Kier alpha value is -3.38. The van der Waals surface area contributed by atoms with Gasteiger partial charge in [-0.25, -0.2) is 4.79 Å². The van der Waals surface area contributed by atoms with Gasteiger partial charge in [0, 0.05) is 49.2 Å². The molecule has 34 heavy (non-hydrogen) atoms. The number of nitrogens with zero attached hydrogens (tertiary/aromatic N) is 3. The Morgan fingerprint density at radius 2 is 1.71 bits per heavy atom. The van der Waals surface area contributed by atoms with E-state index in [0.717, 1.165) is 42.6 Å². The minimum absolute atomic E-state index is 0.0423. The van der Waals surface area contributed by atoms with Crippen molar-refractivity contribution in [2.24, 2.45) is 0 Å². The Kier molecular flexibility index (Phi) is 6.50. The predicted octanol–water partition coefficient (Wildman–Crippen LogP) is 5.85. The minimum Gasteiger partial charge on any atom is -0.489 e. The molecule has 1 fully saturated rings. The number of carbonyl (C=O) groups excluding carboxylic acids is 2. The zero-order chi connectivity index (χ0) is 23.5. The third-order valence-corrected chi connectivity index (χ3v) is 6.69. The van der Waals surface area contributed by atoms with Crippen LogP contribution in [0.1, 0.15) is 36.0 Å². The van der Waals surface area contributed by atoms with E-state index in [1.54, 1.807) is 17.3 Å². The highest BCUT2D eigenvalue weighted by molar-refractivity contribution is 6.30. The van der Waals surface area contributed by atoms with E-state index < -0.39 is 0 Å². The molecule has 3 heterocycles. The number of benzene rings is 2. The van der Waals surface area contributed by atoms with Crippen LogP contribution >= 0.6 is 11.6 Å². The number of unbranched alkanes of at least 4 members (excludes halogenated alkanes) is 1. The third-order valence-electron chi connectivity index (χ3n) is 6.44. The smallest absolute Gasteiger partial charge is 0.324 e. The lowest BCUT2D eigenvalue weighted by Crippen LogP contribution is -2.32. The van der Waals surface area contributed by atoms with Gasteiger partial charge in [-0.2, -0.15) is 0 Å². The second kappa shape index (κ2) is 9.85. The molecular weight excluding hydrogens is 450 g/mol. The predicted molar refractivity (Wildman–Crippen MR) is 133 cm³/mol. The van der Waals surface area contributed by atoms with Crippen molar-refractivity contribution in [1.82, 2.24) is 9.88 Å². The van der Waals surface area contributed by atoms with Gasteiger partial charge in [0.2, 0.25) is 0 Å². The van der Waals surface area contributed by atoms with Crippen LogP contribution in [0.4, 0.5) is 10.5 Å². The minimum atomic E-state index is -0.121. The molecular formula is C27H26ClN3O3. The number of aromatic nitrogens is 1. The zero-order valence-corrected chi connectivity index (χ0v) is 19.6. The Morgan fingerprint density at radius 3 is 2.50 bits per heavy atom. The van der Waals surface area contributed by atoms with Crippen LogP contribution < -0.4 is 9.64 Å². The van der Waals surface area contributed by atoms with E-state index in [1.165, 1.54) is 0 Å². The molecule has 2 amide bonds. The summed E-state index contributed by atoms with van der Waals surface area (Å²) in [5.74, 6) is 0.770. The van der Waals surface area contributed by atoms with Gasteiger partial charge in [-0.15, -0.1) is 0 Å². The molecule has 0 bridgehead atoms. The van der Waals surface area contributed by atoms with Gasteiger partial charge in [-0.05, 0) is 66.8 Å². The number of Topliss-reactive ketones (excluding diaryl/α,β-unsaturated/α-hetero) is 1. The summed E-state index contributed by atoms with van der Waals surface area (Å²) in [5, 5.41) is 0.684. The van der Waals surface area contributed by atoms with Crippen LogP contribution in [0, 0.1) is 0 Å². The molecule has 0 aliphatic carbocycles. The average Bonchev–Trinajstić information content (AvgIpc) is 3.23. The van der Waals surface area contributed by atoms with Crippen molar-refractivity contribution in [2.75, 3.05) is 24.5 Å². The van der Waals surface area contributed by atoms with Crippen LogP contribution in [0.25, 0.3) is 11.1 Å². The van der Waals surface area contributed by atoms with E-state index in [1.807, 2.05) is 59.5 Å². The van der Waals surface area contributed by atoms with Gasteiger partial charge in [0.1, 0.15) is 11.9 Å². The van der Waals surface area contributed by atoms with Gasteiger partial charge >= 0.3 is 6.03 Å². The van der Waals surface area contributed by atoms with Crippen LogP contribution in [-0.4, -0.2) is 47.4 Å². The molecule has 0 N–H and O–H groups in total. The van der Waals surface area contributed by atoms with Crippen LogP contribution in [-0.2, 0) is 0 Å². The van der Waals surface area contributed by atoms with Crippen molar-refractivity contribution in [3.8, 4) is 16.9 Å². The largest absolute Gasteiger partial charge is 0.489 e. The summed E-state index contributed by atoms with van der Waals surface area (Å²) in [5.41, 5.74) is 3.51. The van der Waals surface area contributed by atoms with Gasteiger partial charge in [0.25, 0.3) is 0 Å². The monoisotopic (exact) mass is 475 g/mol. The highest BCUT2D eigenvalue weighted by atomic mass is 35.5. The topological polar surface area (TPSA) is 62.7 Å². The average molecular weight is 476 g/mol. The highest BCUT2D eigenvalue weighted by Gasteiger charge is 2.30. The van der Waals surface area contributed by atoms with Crippen molar-refractivity contribution < 1.29 is 14.3 Å². The molecule has 2 aromatic carbocycles. The molecule has 174 valence electrons. The molecule has 7 heteroatoms. The Balaban J connectivity index is 1.12. The molecule has 5 rings (SSSR count). The summed E-state index contributed by atoms with van der Waals surface area (Å²) in [4.78, 5) is 33.2. The number of carbonyl (C=O) groups is 2. The fraction of sp³-hybridized carbons (Fsp3) is 0.296. The number of hydrogen-bond donors (Lipinski definition) is 0. The normalized spacial score (nSPS) is 17.6. The lowest BCUT2D eigenvalue weighted by molar-refractivity contribution is 0.0835. The first-order valence-corrected chi connectivity index (χ1v) is 12.0. The van der Waals surface area contributed by atoms with Crippen molar-refractivity contribution in [3.05, 3.63) is 77.6 Å². The molecule has 1 aromatic heterocycles. The number of amides is 2. The van der Waals surface area contributed by atoms with E-state index in [4.69, 9.17) is 16.3 Å². The highest BCUT2D eigenvalue weighted by Crippen LogP contribution is 2.33. The summed E-state index contributed by atoms with van der Waals surface area (Å²) >= 11 is 5.98. The standard InChI is InChI=1S/C27H26ClN3O3/c28-21-7-4-19(5-8-21)20-6-9-26-24(17-20)25(32)18-23(34-26)3-1-2-14-30-15-16-31(27(30)33)22-10-12-29-13-11-22/h4-13,17,23H,1-3,14-16,18H2. The van der Waals surface area contributed by atoms with Crippen molar-refractivity contribution in [2.45, 2.75) is 31.8 Å². The first-order chi connectivity index (χ1) is 16.6. The number of ketones is 1. The zero-order valence-electron chi connectivity index (χ0n) is 18.8. The van der Waals surface area contributed by atoms with E-state index in [9.17, 15) is 9.59 Å². The quantitative estimate of drug-likeness (QED) is 0.402. The van der Waals surface area contributed by atoms with Gasteiger partial charge in [-0.1, -0.05) is 29.8 Å². The number of urea groups is 1. The van der Waals surface area contributed by atoms with Crippen molar-refractivity contribution >= 4 is 29.1 Å². The van der Waals surface area contributed by atoms with Gasteiger partial charge in [0.15, 0.2) is 5.78 Å². The number of anilines is 1. The molecule has 2 aliphatic rings. The fourth-order valence-corrected chi connectivity index (χ4v) is 4.73. The molecule has 1 unspecified atom stereocenters. The van der Waals surface area contributed by atoms with Crippen molar-refractivity contribution in [1.29, 1.82) is 0 Å². The van der Waals surface area contributed by atoms with E-state index in [0.29, 0.717) is 35.8 Å². The van der Waals surface area contributed by atoms with E-state index >= 15 is 0 Å². The van der Waals surface area contributed by atoms with Gasteiger partial charge < -0.3 is 9.64 Å². The number of fused-ring (bicyclic) bond motifs is 1. The van der Waals surface area contributed by atoms with Crippen LogP contribution in [0.2, 0.25) is 5.02 Å². The number of hydrogen-bond acceptors (Lipinski definition) is 4. The molecule has 2 aliphatic heterocycles. The Morgan fingerprint density at radius 1 is 0.941 bits per heavy atom. The van der Waals surface area contributed by atoms with Gasteiger partial charge in [0.05, 0.1) is 5.56 Å². The molecule has 1 atom stereocenters. The van der Waals surface area contributed by atoms with E-state index in [2.05, 4.69) is 4.98 Å². The molecule has 0 radical (unpaired) electrons. The second-order valence-electron chi connectivity index (χ2n) is 8.71. The number of ether oxygens (including phenoxy) is 1. The molecule has 0 saturated carbocycles. The second-order valence-corrected chi connectivity index (χ2v) is 9.14. The number of pyridine rings is 1.